The zero-order chi connectivity index (χ0) is 5.58. The first kappa shape index (κ1) is 9.98. The maximum atomic E-state index is 8.06. The zero-order valence-corrected chi connectivity index (χ0v) is 6.25. The van der Waals surface area contributed by atoms with Crippen LogP contribution in [0.4, 0.5) is 0 Å². The molecule has 0 bridgehead atoms. The van der Waals surface area contributed by atoms with E-state index in [1.54, 1.807) is 13.8 Å². The molecule has 0 fully saturated rings. The summed E-state index contributed by atoms with van der Waals surface area (Å²) >= 11 is 1.82. The van der Waals surface area contributed by atoms with Crippen LogP contribution in [-0.4, -0.2) is 11.2 Å². The van der Waals surface area contributed by atoms with Gasteiger partial charge in [0.05, 0.1) is 0 Å². The summed E-state index contributed by atoms with van der Waals surface area (Å²) in [6, 6.07) is 0. The maximum absolute atomic E-state index is 8.06. The zero-order valence-electron chi connectivity index (χ0n) is 3.76. The summed E-state index contributed by atoms with van der Waals surface area (Å²) in [5.41, 5.74) is 0. The predicted molar refractivity (Wildman–Crippen MR) is 23.2 cm³/mol. The summed E-state index contributed by atoms with van der Waals surface area (Å²) in [5, 5.41) is 8.06. The second kappa shape index (κ2) is 9.30. The molecule has 0 saturated heterocycles. The molecule has 0 aliphatic heterocycles. The summed E-state index contributed by atoms with van der Waals surface area (Å²) in [6.07, 6.45) is -0.167. The molecule has 0 spiro atoms. The standard InChI is InChI=1S/C3H8O.ClH.Ru/c1-3(2)4;;/h3-4H,1-2H3;1H;/q;;+1/p-1. The van der Waals surface area contributed by atoms with Crippen molar-refractivity contribution < 1.29 is 22.4 Å². The molecule has 0 aliphatic rings. The van der Waals surface area contributed by atoms with Gasteiger partial charge in [-0.25, -0.2) is 0 Å². The van der Waals surface area contributed by atoms with Gasteiger partial charge in [0, 0.05) is 6.10 Å². The fourth-order valence-corrected chi connectivity index (χ4v) is 0. The minimum absolute atomic E-state index is 0.167. The Kier molecular flexibility index (Phi) is 15.5. The molecule has 0 heterocycles. The molecule has 1 N–H and O–H groups in total. The molecule has 41 valence electrons. The average molecular weight is 197 g/mol. The molecule has 0 aromatic heterocycles. The van der Waals surface area contributed by atoms with Crippen molar-refractivity contribution in [3.63, 3.8) is 0 Å². The topological polar surface area (TPSA) is 20.2 Å². The van der Waals surface area contributed by atoms with Crippen LogP contribution >= 0.6 is 9.69 Å². The first-order chi connectivity index (χ1) is 2.73. The third kappa shape index (κ3) is 95.9. The monoisotopic (exact) mass is 197 g/mol. The van der Waals surface area contributed by atoms with Gasteiger partial charge in [0.25, 0.3) is 0 Å². The van der Waals surface area contributed by atoms with Gasteiger partial charge < -0.3 is 5.11 Å². The number of aliphatic hydroxyl groups is 1. The Bertz CT molecular complexity index is 15.5. The number of hydrogen-bond acceptors (Lipinski definition) is 1. The molecule has 0 aromatic rings. The number of rotatable bonds is 0. The van der Waals surface area contributed by atoms with Crippen LogP contribution in [0, 0.1) is 0 Å². The molecule has 0 rings (SSSR count). The molecule has 0 radical (unpaired) electrons. The van der Waals surface area contributed by atoms with E-state index in [4.69, 9.17) is 5.11 Å². The van der Waals surface area contributed by atoms with Crippen LogP contribution in [0.1, 0.15) is 13.8 Å². The molecule has 3 heteroatoms. The summed E-state index contributed by atoms with van der Waals surface area (Å²) in [7, 11) is 4.57. The second-order valence-corrected chi connectivity index (χ2v) is 1.09. The van der Waals surface area contributed by atoms with E-state index >= 15 is 0 Å². The fraction of sp³-hybridized carbons (Fsp3) is 1.00. The van der Waals surface area contributed by atoms with E-state index in [0.717, 1.165) is 0 Å². The molecule has 0 atom stereocenters. The van der Waals surface area contributed by atoms with Gasteiger partial charge in [-0.05, 0) is 13.8 Å². The third-order valence-electron chi connectivity index (χ3n) is 0. The summed E-state index contributed by atoms with van der Waals surface area (Å²) in [4.78, 5) is 0. The van der Waals surface area contributed by atoms with E-state index in [0.29, 0.717) is 0 Å². The molecule has 1 nitrogen and oxygen atoms in total. The van der Waals surface area contributed by atoms with Crippen molar-refractivity contribution in [1.82, 2.24) is 0 Å². The summed E-state index contributed by atoms with van der Waals surface area (Å²) < 4.78 is 0. The molecular formula is C3H8ClORu. The van der Waals surface area contributed by atoms with Gasteiger partial charge in [-0.2, -0.15) is 0 Å². The van der Waals surface area contributed by atoms with Crippen LogP contribution in [0.25, 0.3) is 0 Å². The van der Waals surface area contributed by atoms with Crippen LogP contribution in [-0.2, 0) is 17.3 Å². The molecule has 0 amide bonds. The molecule has 0 saturated carbocycles. The van der Waals surface area contributed by atoms with E-state index in [9.17, 15) is 0 Å². The SMILES string of the molecule is CC(C)O.[Cl][Ru]. The van der Waals surface area contributed by atoms with Gasteiger partial charge in [-0.3, -0.25) is 0 Å². The molecular weight excluding hydrogens is 189 g/mol. The van der Waals surface area contributed by atoms with Gasteiger partial charge >= 0.3 is 27.0 Å². The van der Waals surface area contributed by atoms with Crippen molar-refractivity contribution in [2.75, 3.05) is 0 Å². The third-order valence-corrected chi connectivity index (χ3v) is 0. The normalized spacial score (nSPS) is 7.00. The van der Waals surface area contributed by atoms with Gasteiger partial charge in [0.15, 0.2) is 0 Å². The number of hydrogen-bond donors (Lipinski definition) is 1. The minimum atomic E-state index is -0.167. The van der Waals surface area contributed by atoms with E-state index in [1.807, 2.05) is 17.3 Å². The van der Waals surface area contributed by atoms with Gasteiger partial charge in [0.1, 0.15) is 0 Å². The van der Waals surface area contributed by atoms with Crippen molar-refractivity contribution in [2.45, 2.75) is 20.0 Å². The van der Waals surface area contributed by atoms with E-state index < -0.39 is 0 Å². The van der Waals surface area contributed by atoms with E-state index in [-0.39, 0.29) is 6.10 Å². The number of halogens is 1. The van der Waals surface area contributed by atoms with Crippen LogP contribution in [0.3, 0.4) is 0 Å². The fourth-order valence-electron chi connectivity index (χ4n) is 0. The Morgan fingerprint density at radius 1 is 1.50 bits per heavy atom. The van der Waals surface area contributed by atoms with E-state index in [1.165, 1.54) is 0 Å². The van der Waals surface area contributed by atoms with Gasteiger partial charge in [-0.1, -0.05) is 0 Å². The second-order valence-electron chi connectivity index (χ2n) is 1.09. The molecule has 0 aromatic carbocycles. The van der Waals surface area contributed by atoms with E-state index in [2.05, 4.69) is 9.69 Å². The Labute approximate surface area is 52.4 Å². The first-order valence-electron chi connectivity index (χ1n) is 1.55. The Morgan fingerprint density at radius 2 is 1.50 bits per heavy atom. The van der Waals surface area contributed by atoms with Gasteiger partial charge in [0.2, 0.25) is 0 Å². The van der Waals surface area contributed by atoms with Crippen molar-refractivity contribution in [2.24, 2.45) is 0 Å². The summed E-state index contributed by atoms with van der Waals surface area (Å²) in [5.74, 6) is 0. The molecule has 0 unspecified atom stereocenters. The van der Waals surface area contributed by atoms with Crippen LogP contribution in [0.2, 0.25) is 0 Å². The Morgan fingerprint density at radius 3 is 1.50 bits per heavy atom. The predicted octanol–water partition coefficient (Wildman–Crippen LogP) is 1.07. The Hall–Kier alpha value is 0.873. The van der Waals surface area contributed by atoms with Gasteiger partial charge in [-0.15, -0.1) is 0 Å². The molecule has 0 aliphatic carbocycles. The van der Waals surface area contributed by atoms with Crippen molar-refractivity contribution in [3.05, 3.63) is 0 Å². The average Bonchev–Trinajstić information content (AvgIpc) is 1.41. The molecule has 6 heavy (non-hydrogen) atoms. The quantitative estimate of drug-likeness (QED) is 0.575. The van der Waals surface area contributed by atoms with Crippen LogP contribution in [0.15, 0.2) is 0 Å². The van der Waals surface area contributed by atoms with Crippen molar-refractivity contribution in [3.8, 4) is 0 Å². The van der Waals surface area contributed by atoms with Crippen LogP contribution in [0.5, 0.6) is 0 Å². The van der Waals surface area contributed by atoms with Crippen LogP contribution < -0.4 is 0 Å². The summed E-state index contributed by atoms with van der Waals surface area (Å²) in [6.45, 7) is 3.44. The van der Waals surface area contributed by atoms with Crippen molar-refractivity contribution in [1.29, 1.82) is 0 Å². The number of aliphatic hydroxyl groups excluding tert-OH is 1. The first-order valence-corrected chi connectivity index (χ1v) is 3.78. The van der Waals surface area contributed by atoms with Crippen molar-refractivity contribution >= 4 is 9.69 Å². The Balaban J connectivity index is 0.